The number of hydrogen-bond donors (Lipinski definition) is 2. The lowest BCUT2D eigenvalue weighted by molar-refractivity contribution is -0.126. The minimum atomic E-state index is -0.440. The molecular formula is C25H57NO2. The van der Waals surface area contributed by atoms with Crippen molar-refractivity contribution in [3.05, 3.63) is 38.0 Å². The SMILES string of the molecule is C.C/C=C\C.C=C.C=CC.CC(=O)NO.CC(C)C.CC1CC1.CCC(C)C. The van der Waals surface area contributed by atoms with Crippen molar-refractivity contribution in [1.82, 2.24) is 5.48 Å². The maximum Gasteiger partial charge on any atom is 0.240 e. The molecule has 0 saturated heterocycles. The lowest BCUT2D eigenvalue weighted by Crippen LogP contribution is -2.12. The van der Waals surface area contributed by atoms with Crippen LogP contribution in [0.1, 0.15) is 103 Å². The molecule has 0 aromatic rings. The van der Waals surface area contributed by atoms with E-state index in [1.165, 1.54) is 31.7 Å². The Morgan fingerprint density at radius 3 is 1.21 bits per heavy atom. The van der Waals surface area contributed by atoms with Crippen molar-refractivity contribution in [1.29, 1.82) is 0 Å². The van der Waals surface area contributed by atoms with Crippen LogP contribution in [0, 0.1) is 17.8 Å². The number of rotatable bonds is 1. The van der Waals surface area contributed by atoms with E-state index < -0.39 is 5.91 Å². The summed E-state index contributed by atoms with van der Waals surface area (Å²) in [7, 11) is 0. The summed E-state index contributed by atoms with van der Waals surface area (Å²) in [5, 5.41) is 7.54. The highest BCUT2D eigenvalue weighted by Gasteiger charge is 2.12. The molecule has 1 rings (SSSR count). The normalized spacial score (nSPS) is 9.93. The zero-order valence-corrected chi connectivity index (χ0v) is 20.6. The summed E-state index contributed by atoms with van der Waals surface area (Å²) in [6.45, 7) is 31.9. The molecule has 1 aliphatic rings. The Hall–Kier alpha value is -1.35. The van der Waals surface area contributed by atoms with Crippen molar-refractivity contribution < 1.29 is 10.0 Å². The molecule has 174 valence electrons. The van der Waals surface area contributed by atoms with Gasteiger partial charge in [-0.3, -0.25) is 10.0 Å². The van der Waals surface area contributed by atoms with Crippen LogP contribution in [0.25, 0.3) is 0 Å². The monoisotopic (exact) mass is 403 g/mol. The van der Waals surface area contributed by atoms with Crippen molar-refractivity contribution in [2.45, 2.75) is 103 Å². The van der Waals surface area contributed by atoms with Crippen molar-refractivity contribution >= 4 is 5.91 Å². The molecule has 2 N–H and O–H groups in total. The molecule has 0 atom stereocenters. The Bertz CT molecular complexity index is 261. The van der Waals surface area contributed by atoms with Crippen LogP contribution in [0.15, 0.2) is 38.0 Å². The molecule has 1 saturated carbocycles. The van der Waals surface area contributed by atoms with Crippen LogP contribution in [-0.2, 0) is 4.79 Å². The third-order valence-corrected chi connectivity index (χ3v) is 2.17. The summed E-state index contributed by atoms with van der Waals surface area (Å²) in [6.07, 6.45) is 10.0. The maximum absolute atomic E-state index is 9.45. The molecule has 1 aliphatic carbocycles. The first-order chi connectivity index (χ1) is 12.5. The fourth-order valence-electron chi connectivity index (χ4n) is 0.167. The second-order valence-electron chi connectivity index (χ2n) is 6.96. The Kier molecular flexibility index (Phi) is 81.1. The largest absolute Gasteiger partial charge is 0.289 e. The van der Waals surface area contributed by atoms with Gasteiger partial charge in [0.25, 0.3) is 0 Å². The zero-order chi connectivity index (χ0) is 23.3. The quantitative estimate of drug-likeness (QED) is 0.261. The van der Waals surface area contributed by atoms with Crippen molar-refractivity contribution in [3.8, 4) is 0 Å². The Morgan fingerprint density at radius 2 is 1.21 bits per heavy atom. The molecule has 0 aromatic heterocycles. The van der Waals surface area contributed by atoms with Gasteiger partial charge in [0, 0.05) is 6.92 Å². The third-order valence-electron chi connectivity index (χ3n) is 2.17. The molecule has 1 amide bonds. The molecule has 3 heteroatoms. The minimum absolute atomic E-state index is 0. The van der Waals surface area contributed by atoms with E-state index in [0.29, 0.717) is 0 Å². The number of amides is 1. The highest BCUT2D eigenvalue weighted by atomic mass is 16.5. The highest BCUT2D eigenvalue weighted by Crippen LogP contribution is 2.26. The van der Waals surface area contributed by atoms with Gasteiger partial charge in [0.1, 0.15) is 0 Å². The van der Waals surface area contributed by atoms with E-state index in [2.05, 4.69) is 68.2 Å². The second-order valence-corrected chi connectivity index (χ2v) is 6.96. The number of carbonyl (C=O) groups excluding carboxylic acids is 1. The molecule has 28 heavy (non-hydrogen) atoms. The fraction of sp³-hybridized carbons (Fsp3) is 0.720. The summed E-state index contributed by atoms with van der Waals surface area (Å²) in [4.78, 5) is 9.45. The zero-order valence-electron chi connectivity index (χ0n) is 20.6. The molecule has 0 radical (unpaired) electrons. The van der Waals surface area contributed by atoms with E-state index in [9.17, 15) is 4.79 Å². The summed E-state index contributed by atoms with van der Waals surface area (Å²) in [5.41, 5.74) is 1.39. The van der Waals surface area contributed by atoms with Crippen LogP contribution in [0.4, 0.5) is 0 Å². The lowest BCUT2D eigenvalue weighted by Gasteiger charge is -1.90. The molecular weight excluding hydrogens is 346 g/mol. The van der Waals surface area contributed by atoms with Crippen molar-refractivity contribution in [2.24, 2.45) is 17.8 Å². The molecule has 0 aliphatic heterocycles. The number of hydrogen-bond acceptors (Lipinski definition) is 2. The van der Waals surface area contributed by atoms with Gasteiger partial charge < -0.3 is 0 Å². The van der Waals surface area contributed by atoms with E-state index in [0.717, 1.165) is 17.8 Å². The van der Waals surface area contributed by atoms with Gasteiger partial charge in [0.15, 0.2) is 0 Å². The standard InChI is InChI=1S/C5H12.C4H8.C4H10.C4H8.C3H6.C2H5NO2.C2H4.CH4/c1-4-5(2)3;1-4-2-3-4;1-4(2)3;1-3-4-2;1-3-2;1-2(4)3-5;1-2;/h5H,4H2,1-3H3;4H,2-3H2,1H3;4H,1-3H3;3-4H,1-2H3;3H,1H2,2H3;5H,1H3,(H,3,4);1-2H2;1H4/b;;;4-3-;;;;. The molecule has 0 heterocycles. The van der Waals surface area contributed by atoms with Crippen molar-refractivity contribution in [3.63, 3.8) is 0 Å². The van der Waals surface area contributed by atoms with Gasteiger partial charge in [-0.25, -0.2) is 5.48 Å². The summed E-state index contributed by atoms with van der Waals surface area (Å²) < 4.78 is 0. The van der Waals surface area contributed by atoms with Crippen LogP contribution < -0.4 is 5.48 Å². The fourth-order valence-corrected chi connectivity index (χ4v) is 0.167. The summed E-state index contributed by atoms with van der Waals surface area (Å²) >= 11 is 0. The first-order valence-electron chi connectivity index (χ1n) is 10.0. The first kappa shape index (κ1) is 45.4. The smallest absolute Gasteiger partial charge is 0.240 e. The van der Waals surface area contributed by atoms with Gasteiger partial charge >= 0.3 is 0 Å². The van der Waals surface area contributed by atoms with Gasteiger partial charge in [0.05, 0.1) is 0 Å². The van der Waals surface area contributed by atoms with Crippen LogP contribution in [-0.4, -0.2) is 11.1 Å². The molecule has 3 nitrogen and oxygen atoms in total. The Labute approximate surface area is 180 Å². The second kappa shape index (κ2) is 50.0. The molecule has 0 spiro atoms. The third kappa shape index (κ3) is 312. The number of hydroxylamine groups is 1. The number of nitrogens with one attached hydrogen (secondary N) is 1. The van der Waals surface area contributed by atoms with Gasteiger partial charge in [-0.15, -0.1) is 19.7 Å². The van der Waals surface area contributed by atoms with Crippen LogP contribution in [0.2, 0.25) is 0 Å². The number of allylic oxidation sites excluding steroid dienone is 3. The van der Waals surface area contributed by atoms with Crippen LogP contribution >= 0.6 is 0 Å². The van der Waals surface area contributed by atoms with Gasteiger partial charge in [-0.05, 0) is 38.5 Å². The van der Waals surface area contributed by atoms with E-state index in [1.54, 1.807) is 6.08 Å². The minimum Gasteiger partial charge on any atom is -0.289 e. The van der Waals surface area contributed by atoms with E-state index >= 15 is 0 Å². The molecule has 0 aromatic carbocycles. The van der Waals surface area contributed by atoms with Gasteiger partial charge in [-0.2, -0.15) is 0 Å². The van der Waals surface area contributed by atoms with E-state index in [-0.39, 0.29) is 7.43 Å². The molecule has 0 unspecified atom stereocenters. The van der Waals surface area contributed by atoms with E-state index in [1.807, 2.05) is 32.9 Å². The van der Waals surface area contributed by atoms with Crippen LogP contribution in [0.3, 0.4) is 0 Å². The average Bonchev–Trinajstić information content (AvgIpc) is 3.40. The maximum atomic E-state index is 9.45. The van der Waals surface area contributed by atoms with Crippen molar-refractivity contribution in [2.75, 3.05) is 0 Å². The number of carbonyl (C=O) groups is 1. The Balaban J connectivity index is -0.0000000371. The molecule has 1 fully saturated rings. The van der Waals surface area contributed by atoms with E-state index in [4.69, 9.17) is 5.21 Å². The van der Waals surface area contributed by atoms with Gasteiger partial charge in [0.2, 0.25) is 5.91 Å². The predicted octanol–water partition coefficient (Wildman–Crippen LogP) is 8.86. The van der Waals surface area contributed by atoms with Crippen LogP contribution in [0.5, 0.6) is 0 Å². The topological polar surface area (TPSA) is 49.3 Å². The molecule has 0 bridgehead atoms. The Morgan fingerprint density at radius 1 is 1.07 bits per heavy atom. The average molecular weight is 404 g/mol. The first-order valence-corrected chi connectivity index (χ1v) is 10.0. The summed E-state index contributed by atoms with van der Waals surface area (Å²) in [6, 6.07) is 0. The highest BCUT2D eigenvalue weighted by molar-refractivity contribution is 5.71. The lowest BCUT2D eigenvalue weighted by atomic mass is 10.2. The predicted molar refractivity (Wildman–Crippen MR) is 134 cm³/mol. The summed E-state index contributed by atoms with van der Waals surface area (Å²) in [5.74, 6) is 2.36. The van der Waals surface area contributed by atoms with Gasteiger partial charge in [-0.1, -0.05) is 93.4 Å².